The van der Waals surface area contributed by atoms with Crippen LogP contribution in [0.3, 0.4) is 0 Å². The van der Waals surface area contributed by atoms with Gasteiger partial charge < -0.3 is 15.3 Å². The van der Waals surface area contributed by atoms with Gasteiger partial charge >= 0.3 is 0 Å². The van der Waals surface area contributed by atoms with Gasteiger partial charge in [0.2, 0.25) is 0 Å². The zero-order valence-electron chi connectivity index (χ0n) is 15.8. The van der Waals surface area contributed by atoms with E-state index in [1.807, 2.05) is 18.2 Å². The third kappa shape index (κ3) is 3.09. The lowest BCUT2D eigenvalue weighted by Gasteiger charge is -2.48. The first-order valence-corrected chi connectivity index (χ1v) is 10.1. The number of hydrogen-bond donors (Lipinski definition) is 2. The number of aromatic hydroxyl groups is 1. The summed E-state index contributed by atoms with van der Waals surface area (Å²) in [5, 5.41) is 22.3. The van der Waals surface area contributed by atoms with Crippen LogP contribution in [-0.4, -0.2) is 64.2 Å². The molecular weight excluding hydrogens is 354 g/mol. The molecule has 2 aromatic rings. The predicted octanol–water partition coefficient (Wildman–Crippen LogP) is 2.28. The van der Waals surface area contributed by atoms with Crippen molar-refractivity contribution in [1.29, 1.82) is 0 Å². The molecule has 7 heteroatoms. The average Bonchev–Trinajstić information content (AvgIpc) is 2.74. The molecule has 7 nitrogen and oxygen atoms in total. The Bertz CT molecular complexity index is 892. The SMILES string of the molecule is O=C1CCC(N2CCN3c4cc(-c5ccccc5O)nnc4NCC3C2)CC1. The second-order valence-electron chi connectivity index (χ2n) is 7.97. The van der Waals surface area contributed by atoms with Crippen LogP contribution in [0.2, 0.25) is 0 Å². The van der Waals surface area contributed by atoms with Gasteiger partial charge in [0.1, 0.15) is 11.5 Å². The van der Waals surface area contributed by atoms with Crippen molar-refractivity contribution in [2.45, 2.75) is 37.8 Å². The number of carbonyl (C=O) groups is 1. The summed E-state index contributed by atoms with van der Waals surface area (Å²) >= 11 is 0. The summed E-state index contributed by atoms with van der Waals surface area (Å²) in [6, 6.07) is 10.2. The van der Waals surface area contributed by atoms with Crippen molar-refractivity contribution in [3.8, 4) is 17.0 Å². The molecule has 1 aliphatic carbocycles. The van der Waals surface area contributed by atoms with E-state index in [1.165, 1.54) is 0 Å². The molecule has 0 amide bonds. The molecule has 28 heavy (non-hydrogen) atoms. The van der Waals surface area contributed by atoms with Gasteiger partial charge in [-0.15, -0.1) is 10.2 Å². The maximum Gasteiger partial charge on any atom is 0.172 e. The van der Waals surface area contributed by atoms with Crippen LogP contribution in [0.15, 0.2) is 30.3 Å². The van der Waals surface area contributed by atoms with Crippen molar-refractivity contribution in [2.75, 3.05) is 36.4 Å². The minimum Gasteiger partial charge on any atom is -0.507 e. The Balaban J connectivity index is 1.37. The molecule has 1 atom stereocenters. The first kappa shape index (κ1) is 17.4. The fourth-order valence-electron chi connectivity index (χ4n) is 4.76. The molecule has 1 saturated heterocycles. The van der Waals surface area contributed by atoms with Gasteiger partial charge in [-0.2, -0.15) is 0 Å². The number of hydrogen-bond acceptors (Lipinski definition) is 7. The zero-order chi connectivity index (χ0) is 19.1. The number of carbonyl (C=O) groups excluding carboxylic acids is 1. The Kier molecular flexibility index (Phi) is 4.39. The molecule has 1 aromatic heterocycles. The Morgan fingerprint density at radius 1 is 1.07 bits per heavy atom. The number of rotatable bonds is 2. The highest BCUT2D eigenvalue weighted by atomic mass is 16.3. The normalized spacial score (nSPS) is 23.1. The molecule has 0 radical (unpaired) electrons. The van der Waals surface area contributed by atoms with Crippen molar-refractivity contribution >= 4 is 17.3 Å². The molecule has 2 N–H and O–H groups in total. The second-order valence-corrected chi connectivity index (χ2v) is 7.97. The monoisotopic (exact) mass is 379 g/mol. The number of phenols is 1. The number of phenolic OH excluding ortho intramolecular Hbond substituents is 1. The summed E-state index contributed by atoms with van der Waals surface area (Å²) < 4.78 is 0. The van der Waals surface area contributed by atoms with Gasteiger partial charge in [0, 0.05) is 50.6 Å². The third-order valence-corrected chi connectivity index (χ3v) is 6.31. The summed E-state index contributed by atoms with van der Waals surface area (Å²) in [5.74, 6) is 1.44. The number of Topliss-reactive ketones (excluding diaryl/α,β-unsaturated/α-hetero) is 1. The van der Waals surface area contributed by atoms with Gasteiger partial charge in [0.05, 0.1) is 17.4 Å². The highest BCUT2D eigenvalue weighted by Gasteiger charge is 2.36. The fraction of sp³-hybridized carbons (Fsp3) is 0.476. The number of fused-ring (bicyclic) bond motifs is 3. The number of nitrogens with one attached hydrogen (secondary N) is 1. The van der Waals surface area contributed by atoms with Gasteiger partial charge in [0.25, 0.3) is 0 Å². The summed E-state index contributed by atoms with van der Waals surface area (Å²) in [7, 11) is 0. The first-order chi connectivity index (χ1) is 13.7. The number of piperazine rings is 1. The quantitative estimate of drug-likeness (QED) is 0.828. The van der Waals surface area contributed by atoms with Gasteiger partial charge in [-0.1, -0.05) is 12.1 Å². The first-order valence-electron chi connectivity index (χ1n) is 10.1. The predicted molar refractivity (Wildman–Crippen MR) is 108 cm³/mol. The van der Waals surface area contributed by atoms with Gasteiger partial charge in [-0.3, -0.25) is 9.69 Å². The number of nitrogens with zero attached hydrogens (tertiary/aromatic N) is 4. The van der Waals surface area contributed by atoms with E-state index in [0.29, 0.717) is 29.1 Å². The van der Waals surface area contributed by atoms with Crippen LogP contribution < -0.4 is 10.2 Å². The highest BCUT2D eigenvalue weighted by molar-refractivity contribution is 5.79. The number of anilines is 2. The Morgan fingerprint density at radius 3 is 2.71 bits per heavy atom. The van der Waals surface area contributed by atoms with E-state index >= 15 is 0 Å². The largest absolute Gasteiger partial charge is 0.507 e. The molecule has 146 valence electrons. The summed E-state index contributed by atoms with van der Waals surface area (Å²) in [6.07, 6.45) is 3.46. The van der Waals surface area contributed by atoms with Crippen molar-refractivity contribution in [1.82, 2.24) is 15.1 Å². The molecule has 5 rings (SSSR count). The van der Waals surface area contributed by atoms with E-state index in [-0.39, 0.29) is 5.75 Å². The number of ketones is 1. The molecule has 1 aromatic carbocycles. The molecule has 0 bridgehead atoms. The molecule has 3 aliphatic rings. The number of para-hydroxylation sites is 1. The zero-order valence-corrected chi connectivity index (χ0v) is 15.8. The molecule has 1 unspecified atom stereocenters. The third-order valence-electron chi connectivity index (χ3n) is 6.31. The summed E-state index contributed by atoms with van der Waals surface area (Å²) in [6.45, 7) is 3.79. The fourth-order valence-corrected chi connectivity index (χ4v) is 4.76. The van der Waals surface area contributed by atoms with Crippen LogP contribution in [0.5, 0.6) is 5.75 Å². The van der Waals surface area contributed by atoms with E-state index in [9.17, 15) is 9.90 Å². The lowest BCUT2D eigenvalue weighted by Crippen LogP contribution is -2.60. The van der Waals surface area contributed by atoms with Crippen LogP contribution in [-0.2, 0) is 4.79 Å². The van der Waals surface area contributed by atoms with Gasteiger partial charge in [-0.25, -0.2) is 0 Å². The average molecular weight is 379 g/mol. The number of benzene rings is 1. The van der Waals surface area contributed by atoms with E-state index in [2.05, 4.69) is 25.3 Å². The molecule has 3 heterocycles. The summed E-state index contributed by atoms with van der Waals surface area (Å²) in [4.78, 5) is 16.6. The van der Waals surface area contributed by atoms with Crippen molar-refractivity contribution in [3.63, 3.8) is 0 Å². The minimum absolute atomic E-state index is 0.216. The van der Waals surface area contributed by atoms with E-state index < -0.39 is 0 Å². The molecule has 2 fully saturated rings. The Labute approximate surface area is 164 Å². The lowest BCUT2D eigenvalue weighted by molar-refractivity contribution is -0.121. The maximum atomic E-state index is 11.6. The molecule has 1 saturated carbocycles. The molecule has 0 spiro atoms. The lowest BCUT2D eigenvalue weighted by atomic mass is 9.92. The van der Waals surface area contributed by atoms with Crippen LogP contribution >= 0.6 is 0 Å². The highest BCUT2D eigenvalue weighted by Crippen LogP contribution is 2.36. The van der Waals surface area contributed by atoms with E-state index in [4.69, 9.17) is 0 Å². The summed E-state index contributed by atoms with van der Waals surface area (Å²) in [5.41, 5.74) is 2.45. The van der Waals surface area contributed by atoms with Crippen molar-refractivity contribution < 1.29 is 9.90 Å². The Hall–Kier alpha value is -2.67. The van der Waals surface area contributed by atoms with Gasteiger partial charge in [-0.05, 0) is 31.0 Å². The van der Waals surface area contributed by atoms with Crippen LogP contribution in [0.25, 0.3) is 11.3 Å². The minimum atomic E-state index is 0.216. The van der Waals surface area contributed by atoms with Gasteiger partial charge in [0.15, 0.2) is 5.82 Å². The standard InChI is InChI=1S/C21H25N5O2/c27-16-7-5-14(6-8-16)25-9-10-26-15(13-25)12-22-21-19(26)11-18(23-24-21)17-3-1-2-4-20(17)28/h1-4,11,14-15,28H,5-10,12-13H2,(H,22,24). The van der Waals surface area contributed by atoms with Crippen LogP contribution in [0.1, 0.15) is 25.7 Å². The van der Waals surface area contributed by atoms with Crippen LogP contribution in [0.4, 0.5) is 11.5 Å². The van der Waals surface area contributed by atoms with E-state index in [1.54, 1.807) is 12.1 Å². The molecule has 2 aliphatic heterocycles. The van der Waals surface area contributed by atoms with Crippen molar-refractivity contribution in [3.05, 3.63) is 30.3 Å². The van der Waals surface area contributed by atoms with Crippen molar-refractivity contribution in [2.24, 2.45) is 0 Å². The maximum absolute atomic E-state index is 11.6. The molecular formula is C21H25N5O2. The van der Waals surface area contributed by atoms with E-state index in [0.717, 1.165) is 63.4 Å². The second kappa shape index (κ2) is 7.05. The Morgan fingerprint density at radius 2 is 1.89 bits per heavy atom. The number of aromatic nitrogens is 2. The smallest absolute Gasteiger partial charge is 0.172 e. The topological polar surface area (TPSA) is 81.6 Å². The van der Waals surface area contributed by atoms with Crippen LogP contribution in [0, 0.1) is 0 Å².